The number of nitrogens with one attached hydrogen (secondary N) is 1. The Balaban J connectivity index is 1.87. The van der Waals surface area contributed by atoms with Crippen LogP contribution < -0.4 is 9.62 Å². The number of carbonyl (C=O) groups excluding carboxylic acids is 2. The maximum Gasteiger partial charge on any atom is 0.264 e. The standard InChI is InChI=1S/C37H41Cl2N3O4S/c1-6-27(4)40-37(44)35(22-29-13-8-7-9-14-29)41(23-31-32(38)15-11-16-33(31)39)36(43)24-42(34-17-10-12-26(3)28(34)5)47(45,46)30-20-18-25(2)19-21-30/h7-21,27,35H,6,22-24H2,1-5H3,(H,40,44)/t27-,35-/m1/s1. The van der Waals surface area contributed by atoms with E-state index in [0.717, 1.165) is 21.0 Å². The molecule has 0 spiro atoms. The highest BCUT2D eigenvalue weighted by molar-refractivity contribution is 7.92. The van der Waals surface area contributed by atoms with Gasteiger partial charge in [0.1, 0.15) is 12.6 Å². The zero-order valence-electron chi connectivity index (χ0n) is 27.3. The Hall–Kier alpha value is -3.85. The molecule has 10 heteroatoms. The molecular formula is C37H41Cl2N3O4S. The average Bonchev–Trinajstić information content (AvgIpc) is 3.04. The van der Waals surface area contributed by atoms with Crippen LogP contribution in [0.5, 0.6) is 0 Å². The van der Waals surface area contributed by atoms with Gasteiger partial charge in [-0.25, -0.2) is 8.42 Å². The van der Waals surface area contributed by atoms with Crippen molar-refractivity contribution in [3.8, 4) is 0 Å². The quantitative estimate of drug-likeness (QED) is 0.156. The minimum Gasteiger partial charge on any atom is -0.352 e. The van der Waals surface area contributed by atoms with Crippen LogP contribution >= 0.6 is 23.2 Å². The second kappa shape index (κ2) is 15.8. The number of amides is 2. The summed E-state index contributed by atoms with van der Waals surface area (Å²) in [5.41, 5.74) is 4.15. The number of hydrogen-bond acceptors (Lipinski definition) is 4. The number of hydrogen-bond donors (Lipinski definition) is 1. The molecule has 0 aliphatic carbocycles. The molecule has 0 saturated heterocycles. The molecule has 0 saturated carbocycles. The maximum absolute atomic E-state index is 14.7. The zero-order chi connectivity index (χ0) is 34.3. The first-order chi connectivity index (χ1) is 22.3. The Morgan fingerprint density at radius 3 is 2.06 bits per heavy atom. The molecule has 0 aromatic heterocycles. The van der Waals surface area contributed by atoms with E-state index in [1.165, 1.54) is 17.0 Å². The number of nitrogens with zero attached hydrogens (tertiary/aromatic N) is 2. The topological polar surface area (TPSA) is 86.8 Å². The zero-order valence-corrected chi connectivity index (χ0v) is 29.7. The highest BCUT2D eigenvalue weighted by Gasteiger charge is 2.36. The van der Waals surface area contributed by atoms with Gasteiger partial charge < -0.3 is 10.2 Å². The van der Waals surface area contributed by atoms with Gasteiger partial charge in [0.25, 0.3) is 10.0 Å². The SMILES string of the molecule is CC[C@@H](C)NC(=O)[C@@H](Cc1ccccc1)N(Cc1c(Cl)cccc1Cl)C(=O)CN(c1cccc(C)c1C)S(=O)(=O)c1ccc(C)cc1. The van der Waals surface area contributed by atoms with Gasteiger partial charge in [-0.1, -0.05) is 96.4 Å². The number of sulfonamides is 1. The Morgan fingerprint density at radius 1 is 0.830 bits per heavy atom. The molecule has 2 amide bonds. The lowest BCUT2D eigenvalue weighted by Crippen LogP contribution is -2.54. The van der Waals surface area contributed by atoms with Gasteiger partial charge in [-0.05, 0) is 81.1 Å². The predicted molar refractivity (Wildman–Crippen MR) is 190 cm³/mol. The third kappa shape index (κ3) is 8.74. The molecule has 0 aliphatic heterocycles. The van der Waals surface area contributed by atoms with E-state index in [1.54, 1.807) is 42.5 Å². The first-order valence-electron chi connectivity index (χ1n) is 15.6. The van der Waals surface area contributed by atoms with Crippen molar-refractivity contribution in [2.45, 2.75) is 71.0 Å². The lowest BCUT2D eigenvalue weighted by Gasteiger charge is -2.35. The summed E-state index contributed by atoms with van der Waals surface area (Å²) in [7, 11) is -4.22. The van der Waals surface area contributed by atoms with Crippen molar-refractivity contribution in [3.05, 3.63) is 129 Å². The molecule has 7 nitrogen and oxygen atoms in total. The number of rotatable bonds is 13. The summed E-state index contributed by atoms with van der Waals surface area (Å²) in [5.74, 6) is -0.947. The highest BCUT2D eigenvalue weighted by atomic mass is 35.5. The van der Waals surface area contributed by atoms with Gasteiger partial charge in [-0.3, -0.25) is 13.9 Å². The summed E-state index contributed by atoms with van der Waals surface area (Å²) in [5, 5.41) is 3.69. The summed E-state index contributed by atoms with van der Waals surface area (Å²) in [6, 6.07) is 25.1. The van der Waals surface area contributed by atoms with Crippen molar-refractivity contribution in [1.82, 2.24) is 10.2 Å². The minimum absolute atomic E-state index is 0.0489. The van der Waals surface area contributed by atoms with E-state index in [4.69, 9.17) is 23.2 Å². The van der Waals surface area contributed by atoms with Crippen LogP contribution in [-0.2, 0) is 32.6 Å². The van der Waals surface area contributed by atoms with Crippen LogP contribution in [0.4, 0.5) is 5.69 Å². The Kier molecular flexibility index (Phi) is 12.1. The normalized spacial score (nSPS) is 12.7. The van der Waals surface area contributed by atoms with E-state index in [2.05, 4.69) is 5.32 Å². The fourth-order valence-corrected chi connectivity index (χ4v) is 7.19. The molecule has 0 bridgehead atoms. The Labute approximate surface area is 288 Å². The van der Waals surface area contributed by atoms with Crippen molar-refractivity contribution in [2.75, 3.05) is 10.8 Å². The van der Waals surface area contributed by atoms with Gasteiger partial charge in [-0.2, -0.15) is 0 Å². The fourth-order valence-electron chi connectivity index (χ4n) is 5.21. The third-order valence-corrected chi connectivity index (χ3v) is 10.9. The first kappa shape index (κ1) is 36.0. The summed E-state index contributed by atoms with van der Waals surface area (Å²) in [4.78, 5) is 30.2. The van der Waals surface area contributed by atoms with Crippen LogP contribution in [-0.4, -0.2) is 43.8 Å². The van der Waals surface area contributed by atoms with Crippen molar-refractivity contribution in [2.24, 2.45) is 0 Å². The van der Waals surface area contributed by atoms with E-state index in [0.29, 0.717) is 33.3 Å². The first-order valence-corrected chi connectivity index (χ1v) is 17.7. The number of halogens is 2. The number of carbonyl (C=O) groups is 2. The van der Waals surface area contributed by atoms with Gasteiger partial charge in [0.2, 0.25) is 11.8 Å². The molecule has 4 rings (SSSR count). The molecule has 1 N–H and O–H groups in total. The highest BCUT2D eigenvalue weighted by Crippen LogP contribution is 2.31. The molecule has 47 heavy (non-hydrogen) atoms. The molecule has 248 valence electrons. The molecule has 0 aliphatic rings. The molecule has 0 heterocycles. The molecule has 0 fully saturated rings. The molecule has 4 aromatic rings. The van der Waals surface area contributed by atoms with Gasteiger partial charge >= 0.3 is 0 Å². The summed E-state index contributed by atoms with van der Waals surface area (Å²) in [6.45, 7) is 8.76. The van der Waals surface area contributed by atoms with E-state index >= 15 is 0 Å². The lowest BCUT2D eigenvalue weighted by atomic mass is 10.0. The minimum atomic E-state index is -4.22. The van der Waals surface area contributed by atoms with E-state index in [1.807, 2.05) is 71.0 Å². The summed E-state index contributed by atoms with van der Waals surface area (Å²) in [6.07, 6.45) is 0.869. The average molecular weight is 695 g/mol. The number of anilines is 1. The van der Waals surface area contributed by atoms with E-state index in [-0.39, 0.29) is 29.8 Å². The molecule has 2 atom stereocenters. The second-order valence-electron chi connectivity index (χ2n) is 11.8. The molecule has 0 unspecified atom stereocenters. The van der Waals surface area contributed by atoms with Gasteiger partial charge in [-0.15, -0.1) is 0 Å². The van der Waals surface area contributed by atoms with Crippen LogP contribution in [0.2, 0.25) is 10.0 Å². The van der Waals surface area contributed by atoms with Crippen molar-refractivity contribution < 1.29 is 18.0 Å². The van der Waals surface area contributed by atoms with Gasteiger partial charge in [0, 0.05) is 34.6 Å². The monoisotopic (exact) mass is 693 g/mol. The van der Waals surface area contributed by atoms with Crippen LogP contribution in [0.1, 0.15) is 48.1 Å². The van der Waals surface area contributed by atoms with Crippen molar-refractivity contribution >= 4 is 50.7 Å². The van der Waals surface area contributed by atoms with E-state index in [9.17, 15) is 18.0 Å². The smallest absolute Gasteiger partial charge is 0.264 e. The predicted octanol–water partition coefficient (Wildman–Crippen LogP) is 7.67. The largest absolute Gasteiger partial charge is 0.352 e. The van der Waals surface area contributed by atoms with Gasteiger partial charge in [0.15, 0.2) is 0 Å². The van der Waals surface area contributed by atoms with Crippen LogP contribution in [0.25, 0.3) is 0 Å². The third-order valence-electron chi connectivity index (χ3n) is 8.39. The number of benzene rings is 4. The van der Waals surface area contributed by atoms with Crippen molar-refractivity contribution in [1.29, 1.82) is 0 Å². The summed E-state index contributed by atoms with van der Waals surface area (Å²) < 4.78 is 29.8. The van der Waals surface area contributed by atoms with Crippen LogP contribution in [0, 0.1) is 20.8 Å². The molecule has 4 aromatic carbocycles. The molecular weight excluding hydrogens is 653 g/mol. The Bertz CT molecular complexity index is 1800. The van der Waals surface area contributed by atoms with E-state index < -0.39 is 28.5 Å². The Morgan fingerprint density at radius 2 is 1.45 bits per heavy atom. The molecule has 0 radical (unpaired) electrons. The van der Waals surface area contributed by atoms with Gasteiger partial charge in [0.05, 0.1) is 10.6 Å². The fraction of sp³-hybridized carbons (Fsp3) is 0.297. The number of aryl methyl sites for hydroxylation is 2. The summed E-state index contributed by atoms with van der Waals surface area (Å²) >= 11 is 13.2. The lowest BCUT2D eigenvalue weighted by molar-refractivity contribution is -0.140. The second-order valence-corrected chi connectivity index (χ2v) is 14.5. The maximum atomic E-state index is 14.7. The van der Waals surface area contributed by atoms with Crippen LogP contribution in [0.15, 0.2) is 95.9 Å². The van der Waals surface area contributed by atoms with Crippen LogP contribution in [0.3, 0.4) is 0 Å². The van der Waals surface area contributed by atoms with Crippen molar-refractivity contribution in [3.63, 3.8) is 0 Å².